The molecule has 39 heavy (non-hydrogen) atoms. The van der Waals surface area contributed by atoms with Crippen LogP contribution in [0.25, 0.3) is 11.5 Å². The number of ether oxygens (including phenoxy) is 2. The Morgan fingerprint density at radius 2 is 1.97 bits per heavy atom. The van der Waals surface area contributed by atoms with E-state index in [1.807, 2.05) is 31.2 Å². The van der Waals surface area contributed by atoms with Crippen LogP contribution in [0.15, 0.2) is 41.1 Å². The van der Waals surface area contributed by atoms with Gasteiger partial charge in [0.15, 0.2) is 5.82 Å². The summed E-state index contributed by atoms with van der Waals surface area (Å²) in [5.41, 5.74) is 2.91. The summed E-state index contributed by atoms with van der Waals surface area (Å²) in [5.74, 6) is 0.827. The number of carboxylic acid groups (broad SMARTS) is 1. The highest BCUT2D eigenvalue weighted by atomic mass is 16.5. The minimum atomic E-state index is -1.39. The maximum atomic E-state index is 11.1. The maximum Gasteiger partial charge on any atom is 0.372 e. The minimum Gasteiger partial charge on any atom is -0.493 e. The van der Waals surface area contributed by atoms with Gasteiger partial charge in [-0.05, 0) is 74.4 Å². The average Bonchev–Trinajstić information content (AvgIpc) is 3.63. The van der Waals surface area contributed by atoms with Crippen LogP contribution in [0, 0.1) is 12.8 Å². The molecule has 1 aliphatic rings. The van der Waals surface area contributed by atoms with E-state index in [0.717, 1.165) is 35.3 Å². The molecule has 2 aromatic heterocycles. The van der Waals surface area contributed by atoms with Crippen molar-refractivity contribution in [1.29, 1.82) is 0 Å². The third kappa shape index (κ3) is 8.61. The summed E-state index contributed by atoms with van der Waals surface area (Å²) in [6.45, 7) is 4.18. The van der Waals surface area contributed by atoms with E-state index in [0.29, 0.717) is 56.2 Å². The molecule has 2 N–H and O–H groups in total. The summed E-state index contributed by atoms with van der Waals surface area (Å²) in [5, 5.41) is 15.8. The number of hydrogen-bond acceptors (Lipinski definition) is 9. The number of carboxylic acids is 1. The Kier molecular flexibility index (Phi) is 10.4. The van der Waals surface area contributed by atoms with Crippen molar-refractivity contribution in [2.45, 2.75) is 58.3 Å². The van der Waals surface area contributed by atoms with Gasteiger partial charge < -0.3 is 24.4 Å². The monoisotopic (exact) mass is 536 g/mol. The van der Waals surface area contributed by atoms with Crippen molar-refractivity contribution >= 4 is 11.8 Å². The number of hydrogen-bond donors (Lipinski definition) is 2. The molecule has 0 atom stereocenters. The zero-order valence-corrected chi connectivity index (χ0v) is 22.4. The Morgan fingerprint density at radius 3 is 2.77 bits per heavy atom. The van der Waals surface area contributed by atoms with Crippen LogP contribution in [0.1, 0.15) is 55.5 Å². The van der Waals surface area contributed by atoms with E-state index in [4.69, 9.17) is 19.1 Å². The van der Waals surface area contributed by atoms with Gasteiger partial charge in [-0.15, -0.1) is 0 Å². The van der Waals surface area contributed by atoms with Crippen molar-refractivity contribution in [2.24, 2.45) is 5.92 Å². The Balaban J connectivity index is 1.21. The molecular formula is C29H36N4O6. The van der Waals surface area contributed by atoms with E-state index >= 15 is 0 Å². The Bertz CT molecular complexity index is 1240. The van der Waals surface area contributed by atoms with Gasteiger partial charge in [-0.3, -0.25) is 4.79 Å². The van der Waals surface area contributed by atoms with Crippen molar-refractivity contribution in [1.82, 2.24) is 20.4 Å². The van der Waals surface area contributed by atoms with Crippen molar-refractivity contribution in [3.63, 3.8) is 0 Å². The molecule has 0 radical (unpaired) electrons. The number of benzene rings is 1. The van der Waals surface area contributed by atoms with E-state index < -0.39 is 11.8 Å². The highest BCUT2D eigenvalue weighted by Crippen LogP contribution is 2.30. The maximum absolute atomic E-state index is 11.1. The summed E-state index contributed by atoms with van der Waals surface area (Å²) in [6, 6.07) is 9.84. The van der Waals surface area contributed by atoms with Gasteiger partial charge in [-0.1, -0.05) is 30.1 Å². The van der Waals surface area contributed by atoms with E-state index in [1.54, 1.807) is 6.20 Å². The first-order valence-corrected chi connectivity index (χ1v) is 13.6. The molecule has 0 unspecified atom stereocenters. The zero-order chi connectivity index (χ0) is 27.5. The van der Waals surface area contributed by atoms with Crippen LogP contribution in [0.2, 0.25) is 0 Å². The first kappa shape index (κ1) is 28.2. The number of aryl methyl sites for hydroxylation is 3. The standard InChI is InChI=1S/C29H36N4O6/c1-20-18-21(9-11-25(20)37-17-5-14-30-16-13-24(34)29(35)36)10-12-26-32-28(39-33-26)23-8-4-15-31-27(23)38-19-22-6-2-3-7-22/h4,8-9,11,15,18,22,30H,2-3,5-7,10,12-14,16-17,19H2,1H3,(H,35,36). The lowest BCUT2D eigenvalue weighted by atomic mass is 10.1. The molecule has 0 bridgehead atoms. The molecule has 1 aliphatic carbocycles. The third-order valence-corrected chi connectivity index (χ3v) is 6.80. The van der Waals surface area contributed by atoms with Crippen molar-refractivity contribution in [3.8, 4) is 23.1 Å². The lowest BCUT2D eigenvalue weighted by Crippen LogP contribution is -2.23. The second kappa shape index (κ2) is 14.4. The molecular weight excluding hydrogens is 500 g/mol. The number of rotatable bonds is 16. The normalized spacial score (nSPS) is 13.5. The van der Waals surface area contributed by atoms with Crippen LogP contribution in [-0.4, -0.2) is 58.3 Å². The Hall–Kier alpha value is -3.79. The Labute approximate surface area is 228 Å². The van der Waals surface area contributed by atoms with E-state index in [-0.39, 0.29) is 6.42 Å². The fourth-order valence-corrected chi connectivity index (χ4v) is 4.61. The molecule has 4 rings (SSSR count). The summed E-state index contributed by atoms with van der Waals surface area (Å²) in [6.07, 6.45) is 8.80. The van der Waals surface area contributed by atoms with Gasteiger partial charge in [0.1, 0.15) is 11.3 Å². The number of aliphatic carboxylic acids is 1. The number of pyridine rings is 1. The molecule has 208 valence electrons. The minimum absolute atomic E-state index is 0.0127. The van der Waals surface area contributed by atoms with E-state index in [2.05, 4.69) is 26.5 Å². The fourth-order valence-electron chi connectivity index (χ4n) is 4.61. The number of carbonyl (C=O) groups excluding carboxylic acids is 1. The molecule has 1 fully saturated rings. The first-order chi connectivity index (χ1) is 19.0. The molecule has 10 nitrogen and oxygen atoms in total. The van der Waals surface area contributed by atoms with E-state index in [9.17, 15) is 9.59 Å². The number of ketones is 1. The summed E-state index contributed by atoms with van der Waals surface area (Å²) in [7, 11) is 0. The zero-order valence-electron chi connectivity index (χ0n) is 22.4. The summed E-state index contributed by atoms with van der Waals surface area (Å²) >= 11 is 0. The average molecular weight is 537 g/mol. The van der Waals surface area contributed by atoms with Gasteiger partial charge in [0.2, 0.25) is 11.7 Å². The lowest BCUT2D eigenvalue weighted by Gasteiger charge is -2.11. The molecule has 2 heterocycles. The predicted octanol–water partition coefficient (Wildman–Crippen LogP) is 4.20. The van der Waals surface area contributed by atoms with Crippen LogP contribution in [0.4, 0.5) is 0 Å². The number of nitrogens with one attached hydrogen (secondary N) is 1. The quantitative estimate of drug-likeness (QED) is 0.202. The lowest BCUT2D eigenvalue weighted by molar-refractivity contribution is -0.149. The van der Waals surface area contributed by atoms with Gasteiger partial charge in [0, 0.05) is 25.6 Å². The van der Waals surface area contributed by atoms with Crippen LogP contribution >= 0.6 is 0 Å². The third-order valence-electron chi connectivity index (χ3n) is 6.80. The highest BCUT2D eigenvalue weighted by Gasteiger charge is 2.19. The summed E-state index contributed by atoms with van der Waals surface area (Å²) < 4.78 is 17.4. The van der Waals surface area contributed by atoms with Crippen LogP contribution < -0.4 is 14.8 Å². The smallest absolute Gasteiger partial charge is 0.372 e. The van der Waals surface area contributed by atoms with E-state index in [1.165, 1.54) is 25.7 Å². The largest absolute Gasteiger partial charge is 0.493 e. The number of nitrogens with zero attached hydrogens (tertiary/aromatic N) is 3. The predicted molar refractivity (Wildman–Crippen MR) is 144 cm³/mol. The fraction of sp³-hybridized carbons (Fsp3) is 0.483. The van der Waals surface area contributed by atoms with Crippen LogP contribution in [-0.2, 0) is 22.4 Å². The molecule has 0 amide bonds. The number of Topliss-reactive ketones (excluding diaryl/α,β-unsaturated/α-hetero) is 1. The topological polar surface area (TPSA) is 137 Å². The first-order valence-electron chi connectivity index (χ1n) is 13.6. The van der Waals surface area contributed by atoms with Gasteiger partial charge >= 0.3 is 5.97 Å². The van der Waals surface area contributed by atoms with Crippen molar-refractivity contribution < 1.29 is 28.7 Å². The molecule has 0 saturated heterocycles. The molecule has 1 saturated carbocycles. The van der Waals surface area contributed by atoms with Gasteiger partial charge in [-0.25, -0.2) is 9.78 Å². The molecule has 3 aromatic rings. The number of aromatic nitrogens is 3. The molecule has 1 aromatic carbocycles. The Morgan fingerprint density at radius 1 is 1.13 bits per heavy atom. The van der Waals surface area contributed by atoms with Crippen LogP contribution in [0.3, 0.4) is 0 Å². The molecule has 0 spiro atoms. The van der Waals surface area contributed by atoms with Crippen molar-refractivity contribution in [2.75, 3.05) is 26.3 Å². The van der Waals surface area contributed by atoms with Gasteiger partial charge in [-0.2, -0.15) is 4.98 Å². The molecule has 0 aliphatic heterocycles. The second-order valence-electron chi connectivity index (χ2n) is 9.86. The second-order valence-corrected chi connectivity index (χ2v) is 9.86. The SMILES string of the molecule is Cc1cc(CCc2noc(-c3cccnc3OCC3CCCC3)n2)ccc1OCCCNCCC(=O)C(=O)O. The van der Waals surface area contributed by atoms with Crippen LogP contribution in [0.5, 0.6) is 11.6 Å². The van der Waals surface area contributed by atoms with Crippen molar-refractivity contribution in [3.05, 3.63) is 53.5 Å². The molecule has 10 heteroatoms. The number of carbonyl (C=O) groups is 2. The van der Waals surface area contributed by atoms with Gasteiger partial charge in [0.05, 0.1) is 13.2 Å². The summed E-state index contributed by atoms with van der Waals surface area (Å²) in [4.78, 5) is 30.5. The van der Waals surface area contributed by atoms with Gasteiger partial charge in [0.25, 0.3) is 5.89 Å². The highest BCUT2D eigenvalue weighted by molar-refractivity contribution is 6.32.